The molecule has 2 nitrogen and oxygen atoms in total. The van der Waals surface area contributed by atoms with Crippen molar-refractivity contribution in [3.8, 4) is 11.1 Å². The van der Waals surface area contributed by atoms with Crippen LogP contribution in [0.3, 0.4) is 0 Å². The minimum Gasteiger partial charge on any atom is -0.382 e. The highest BCUT2D eigenvalue weighted by molar-refractivity contribution is 6.40. The standard InChI is InChI=1S/C11H7Cl3N2/c12-7-3-1-6(2-4-7)9-8(13)5-16-11(15)10(9)14/h1-5H,(H2,15,16). The lowest BCUT2D eigenvalue weighted by atomic mass is 10.1. The summed E-state index contributed by atoms with van der Waals surface area (Å²) in [6, 6.07) is 7.18. The summed E-state index contributed by atoms with van der Waals surface area (Å²) in [5, 5.41) is 1.47. The molecule has 2 N–H and O–H groups in total. The molecule has 0 fully saturated rings. The highest BCUT2D eigenvalue weighted by Gasteiger charge is 2.11. The van der Waals surface area contributed by atoms with Gasteiger partial charge in [-0.05, 0) is 17.7 Å². The van der Waals surface area contributed by atoms with Crippen LogP contribution in [0.2, 0.25) is 15.1 Å². The van der Waals surface area contributed by atoms with Crippen molar-refractivity contribution in [1.29, 1.82) is 0 Å². The Morgan fingerprint density at radius 3 is 2.25 bits per heavy atom. The molecular formula is C11H7Cl3N2. The molecule has 1 heterocycles. The molecule has 0 aliphatic rings. The van der Waals surface area contributed by atoms with Crippen LogP contribution in [0.1, 0.15) is 0 Å². The molecule has 0 unspecified atom stereocenters. The largest absolute Gasteiger partial charge is 0.382 e. The van der Waals surface area contributed by atoms with Crippen LogP contribution in [0.4, 0.5) is 5.82 Å². The van der Waals surface area contributed by atoms with Crippen molar-refractivity contribution in [3.05, 3.63) is 45.5 Å². The molecule has 0 radical (unpaired) electrons. The molecule has 1 aromatic carbocycles. The van der Waals surface area contributed by atoms with Crippen LogP contribution in [-0.2, 0) is 0 Å². The highest BCUT2D eigenvalue weighted by Crippen LogP contribution is 2.37. The molecular weight excluding hydrogens is 266 g/mol. The first-order valence-corrected chi connectivity index (χ1v) is 5.58. The number of halogens is 3. The maximum absolute atomic E-state index is 6.07. The third-order valence-electron chi connectivity index (χ3n) is 2.13. The quantitative estimate of drug-likeness (QED) is 0.842. The summed E-state index contributed by atoms with van der Waals surface area (Å²) in [7, 11) is 0. The Balaban J connectivity index is 2.63. The number of rotatable bonds is 1. The van der Waals surface area contributed by atoms with Crippen LogP contribution >= 0.6 is 34.8 Å². The van der Waals surface area contributed by atoms with Crippen LogP contribution in [0.5, 0.6) is 0 Å². The Morgan fingerprint density at radius 1 is 1.00 bits per heavy atom. The van der Waals surface area contributed by atoms with Gasteiger partial charge in [0.05, 0.1) is 10.0 Å². The summed E-state index contributed by atoms with van der Waals surface area (Å²) in [4.78, 5) is 3.87. The fourth-order valence-corrected chi connectivity index (χ4v) is 2.05. The Morgan fingerprint density at radius 2 is 1.62 bits per heavy atom. The van der Waals surface area contributed by atoms with Crippen LogP contribution in [0.15, 0.2) is 30.5 Å². The van der Waals surface area contributed by atoms with E-state index in [1.165, 1.54) is 6.20 Å². The summed E-state index contributed by atoms with van der Waals surface area (Å²) < 4.78 is 0. The number of pyridine rings is 1. The SMILES string of the molecule is Nc1ncc(Cl)c(-c2ccc(Cl)cc2)c1Cl. The van der Waals surface area contributed by atoms with Crippen molar-refractivity contribution in [3.63, 3.8) is 0 Å². The van der Waals surface area contributed by atoms with Gasteiger partial charge in [0.1, 0.15) is 5.82 Å². The maximum Gasteiger partial charge on any atom is 0.142 e. The van der Waals surface area contributed by atoms with Gasteiger partial charge in [0.2, 0.25) is 0 Å². The molecule has 1 aromatic heterocycles. The number of benzene rings is 1. The molecule has 16 heavy (non-hydrogen) atoms. The first kappa shape index (κ1) is 11.5. The fourth-order valence-electron chi connectivity index (χ4n) is 1.36. The summed E-state index contributed by atoms with van der Waals surface area (Å²) in [6.07, 6.45) is 1.48. The van der Waals surface area contributed by atoms with Gasteiger partial charge >= 0.3 is 0 Å². The molecule has 0 bridgehead atoms. The lowest BCUT2D eigenvalue weighted by Gasteiger charge is -2.08. The van der Waals surface area contributed by atoms with E-state index in [0.717, 1.165) is 5.56 Å². The molecule has 0 aliphatic carbocycles. The Labute approximate surface area is 108 Å². The molecule has 0 saturated carbocycles. The van der Waals surface area contributed by atoms with Crippen molar-refractivity contribution >= 4 is 40.6 Å². The van der Waals surface area contributed by atoms with Gasteiger partial charge in [-0.1, -0.05) is 46.9 Å². The summed E-state index contributed by atoms with van der Waals surface area (Å²) >= 11 is 17.9. The van der Waals surface area contributed by atoms with E-state index in [-0.39, 0.29) is 5.82 Å². The molecule has 5 heteroatoms. The second kappa shape index (κ2) is 4.50. The van der Waals surface area contributed by atoms with Gasteiger partial charge in [0, 0.05) is 16.8 Å². The first-order chi connectivity index (χ1) is 7.59. The van der Waals surface area contributed by atoms with Gasteiger partial charge in [0.25, 0.3) is 0 Å². The van der Waals surface area contributed by atoms with E-state index in [4.69, 9.17) is 40.5 Å². The number of anilines is 1. The van der Waals surface area contributed by atoms with Gasteiger partial charge < -0.3 is 5.73 Å². The monoisotopic (exact) mass is 272 g/mol. The smallest absolute Gasteiger partial charge is 0.142 e. The van der Waals surface area contributed by atoms with Crippen molar-refractivity contribution in [2.24, 2.45) is 0 Å². The van der Waals surface area contributed by atoms with Crippen LogP contribution in [-0.4, -0.2) is 4.98 Å². The number of nitrogens with zero attached hydrogens (tertiary/aromatic N) is 1. The van der Waals surface area contributed by atoms with Crippen molar-refractivity contribution in [2.45, 2.75) is 0 Å². The predicted octanol–water partition coefficient (Wildman–Crippen LogP) is 4.29. The number of nitrogens with two attached hydrogens (primary N) is 1. The summed E-state index contributed by atoms with van der Waals surface area (Å²) in [6.45, 7) is 0. The summed E-state index contributed by atoms with van der Waals surface area (Å²) in [5.74, 6) is 0.260. The number of aromatic nitrogens is 1. The lowest BCUT2D eigenvalue weighted by molar-refractivity contribution is 1.34. The van der Waals surface area contributed by atoms with Gasteiger partial charge in [-0.3, -0.25) is 0 Å². The predicted molar refractivity (Wildman–Crippen MR) is 69.1 cm³/mol. The minimum atomic E-state index is 0.260. The second-order valence-electron chi connectivity index (χ2n) is 3.19. The van der Waals surface area contributed by atoms with Gasteiger partial charge in [-0.2, -0.15) is 0 Å². The lowest BCUT2D eigenvalue weighted by Crippen LogP contribution is -1.93. The number of nitrogen functional groups attached to an aromatic ring is 1. The second-order valence-corrected chi connectivity index (χ2v) is 4.41. The number of hydrogen-bond donors (Lipinski definition) is 1. The van der Waals surface area contributed by atoms with Crippen LogP contribution in [0.25, 0.3) is 11.1 Å². The van der Waals surface area contributed by atoms with Gasteiger partial charge in [-0.15, -0.1) is 0 Å². The molecule has 82 valence electrons. The van der Waals surface area contributed by atoms with E-state index in [2.05, 4.69) is 4.98 Å². The number of hydrogen-bond acceptors (Lipinski definition) is 2. The topological polar surface area (TPSA) is 38.9 Å². The van der Waals surface area contributed by atoms with E-state index in [1.807, 2.05) is 12.1 Å². The van der Waals surface area contributed by atoms with E-state index in [0.29, 0.717) is 20.6 Å². The molecule has 0 spiro atoms. The van der Waals surface area contributed by atoms with Crippen molar-refractivity contribution in [1.82, 2.24) is 4.98 Å². The van der Waals surface area contributed by atoms with E-state index < -0.39 is 0 Å². The summed E-state index contributed by atoms with van der Waals surface area (Å²) in [5.41, 5.74) is 7.16. The van der Waals surface area contributed by atoms with Crippen molar-refractivity contribution in [2.75, 3.05) is 5.73 Å². The van der Waals surface area contributed by atoms with E-state index in [9.17, 15) is 0 Å². The maximum atomic E-state index is 6.07. The first-order valence-electron chi connectivity index (χ1n) is 4.45. The average molecular weight is 274 g/mol. The van der Waals surface area contributed by atoms with E-state index in [1.54, 1.807) is 12.1 Å². The third-order valence-corrected chi connectivity index (χ3v) is 3.05. The molecule has 0 aliphatic heterocycles. The van der Waals surface area contributed by atoms with Crippen LogP contribution < -0.4 is 5.73 Å². The highest BCUT2D eigenvalue weighted by atomic mass is 35.5. The van der Waals surface area contributed by atoms with Crippen molar-refractivity contribution < 1.29 is 0 Å². The zero-order valence-electron chi connectivity index (χ0n) is 8.05. The zero-order valence-corrected chi connectivity index (χ0v) is 10.3. The molecule has 2 aromatic rings. The zero-order chi connectivity index (χ0) is 11.7. The molecule has 0 atom stereocenters. The van der Waals surface area contributed by atoms with Gasteiger partial charge in [-0.25, -0.2) is 4.98 Å². The van der Waals surface area contributed by atoms with Gasteiger partial charge in [0.15, 0.2) is 0 Å². The Bertz CT molecular complexity index is 523. The van der Waals surface area contributed by atoms with Crippen LogP contribution in [0, 0.1) is 0 Å². The molecule has 2 rings (SSSR count). The molecule has 0 saturated heterocycles. The Hall–Kier alpha value is -0.960. The minimum absolute atomic E-state index is 0.260. The van der Waals surface area contributed by atoms with E-state index >= 15 is 0 Å². The Kier molecular flexibility index (Phi) is 3.24. The fraction of sp³-hybridized carbons (Fsp3) is 0. The third kappa shape index (κ3) is 2.09. The average Bonchev–Trinajstić information content (AvgIpc) is 2.27. The molecule has 0 amide bonds. The normalized spacial score (nSPS) is 10.4.